The van der Waals surface area contributed by atoms with Gasteiger partial charge in [0.1, 0.15) is 6.04 Å². The molecule has 0 spiro atoms. The molecule has 4 aromatic rings. The highest BCUT2D eigenvalue weighted by Crippen LogP contribution is 2.41. The van der Waals surface area contributed by atoms with Gasteiger partial charge in [-0.25, -0.2) is 0 Å². The zero-order valence-corrected chi connectivity index (χ0v) is 25.1. The van der Waals surface area contributed by atoms with Crippen molar-refractivity contribution in [2.45, 2.75) is 58.0 Å². The minimum absolute atomic E-state index is 0.0488. The summed E-state index contributed by atoms with van der Waals surface area (Å²) in [6, 6.07) is 18.2. The molecule has 0 radical (unpaired) electrons. The topological polar surface area (TPSA) is 44.4 Å². The molecule has 4 aromatic carbocycles. The number of likely N-dealkylation sites (tertiary alicyclic amines) is 1. The van der Waals surface area contributed by atoms with Gasteiger partial charge in [-0.15, -0.1) is 0 Å². The minimum Gasteiger partial charge on any atom is -0.350 e. The maximum Gasteiger partial charge on any atom is 0.416 e. The van der Waals surface area contributed by atoms with E-state index in [4.69, 9.17) is 12.2 Å². The molecule has 0 bridgehead atoms. The number of rotatable bonds is 4. The highest BCUT2D eigenvalue weighted by Gasteiger charge is 2.41. The lowest BCUT2D eigenvalue weighted by molar-refractivity contribution is -0.143. The first-order valence-corrected chi connectivity index (χ1v) is 14.5. The molecule has 1 aliphatic heterocycles. The van der Waals surface area contributed by atoms with Crippen molar-refractivity contribution in [1.29, 1.82) is 0 Å². The van der Waals surface area contributed by atoms with E-state index in [2.05, 4.69) is 28.8 Å². The Kier molecular flexibility index (Phi) is 8.30. The van der Waals surface area contributed by atoms with E-state index in [1.165, 1.54) is 0 Å². The second-order valence-corrected chi connectivity index (χ2v) is 12.5. The van der Waals surface area contributed by atoms with Gasteiger partial charge in [-0.2, -0.15) is 26.3 Å². The smallest absolute Gasteiger partial charge is 0.350 e. The van der Waals surface area contributed by atoms with Gasteiger partial charge in [-0.3, -0.25) is 4.79 Å². The predicted molar refractivity (Wildman–Crippen MR) is 164 cm³/mol. The number of halogens is 6. The maximum atomic E-state index is 14.2. The summed E-state index contributed by atoms with van der Waals surface area (Å²) in [5.74, 6) is -0.263. The predicted octanol–water partition coefficient (Wildman–Crippen LogP) is 9.10. The Morgan fingerprint density at radius 3 is 2.00 bits per heavy atom. The van der Waals surface area contributed by atoms with Gasteiger partial charge >= 0.3 is 12.4 Å². The highest BCUT2D eigenvalue weighted by molar-refractivity contribution is 7.80. The molecule has 1 fully saturated rings. The fourth-order valence-corrected chi connectivity index (χ4v) is 6.09. The second kappa shape index (κ2) is 11.6. The quantitative estimate of drug-likeness (QED) is 0.134. The fourth-order valence-electron chi connectivity index (χ4n) is 5.85. The molecule has 0 saturated carbocycles. The SMILES string of the molecule is CC(C)(C)[C@H](NC(=S)Nc1cc(C(F)(F)F)cc(C(F)(F)F)c1)C(=O)N1CCC[C@@H]1c1cc2ccccc2c2ccccc12. The van der Waals surface area contributed by atoms with Gasteiger partial charge in [-0.1, -0.05) is 69.3 Å². The first kappa shape index (κ1) is 31.6. The molecule has 44 heavy (non-hydrogen) atoms. The zero-order valence-electron chi connectivity index (χ0n) is 24.2. The number of carbonyl (C=O) groups is 1. The molecule has 1 saturated heterocycles. The molecule has 2 N–H and O–H groups in total. The van der Waals surface area contributed by atoms with Crippen molar-refractivity contribution >= 4 is 50.5 Å². The van der Waals surface area contributed by atoms with Gasteiger partial charge in [-0.05, 0) is 81.8 Å². The molecule has 1 aliphatic rings. The van der Waals surface area contributed by atoms with Crippen LogP contribution in [0.15, 0.2) is 72.8 Å². The average Bonchev–Trinajstić information content (AvgIpc) is 3.43. The summed E-state index contributed by atoms with van der Waals surface area (Å²) >= 11 is 5.33. The van der Waals surface area contributed by atoms with Gasteiger partial charge in [0.05, 0.1) is 17.2 Å². The van der Waals surface area contributed by atoms with Crippen LogP contribution in [0.4, 0.5) is 32.0 Å². The summed E-state index contributed by atoms with van der Waals surface area (Å²) < 4.78 is 80.3. The Balaban J connectivity index is 1.44. The number of alkyl halides is 6. The Morgan fingerprint density at radius 2 is 1.41 bits per heavy atom. The highest BCUT2D eigenvalue weighted by atomic mass is 32.1. The summed E-state index contributed by atoms with van der Waals surface area (Å²) in [5, 5.41) is 9.37. The summed E-state index contributed by atoms with van der Waals surface area (Å²) in [6.07, 6.45) is -8.51. The Morgan fingerprint density at radius 1 is 0.841 bits per heavy atom. The lowest BCUT2D eigenvalue weighted by Gasteiger charge is -2.37. The van der Waals surface area contributed by atoms with Crippen molar-refractivity contribution in [3.8, 4) is 0 Å². The number of anilines is 1. The van der Waals surface area contributed by atoms with E-state index < -0.39 is 40.6 Å². The van der Waals surface area contributed by atoms with E-state index >= 15 is 0 Å². The molecule has 1 amide bonds. The number of nitrogens with one attached hydrogen (secondary N) is 2. The summed E-state index contributed by atoms with van der Waals surface area (Å²) in [7, 11) is 0. The van der Waals surface area contributed by atoms with Crippen LogP contribution in [-0.2, 0) is 17.1 Å². The lowest BCUT2D eigenvalue weighted by atomic mass is 9.85. The van der Waals surface area contributed by atoms with Gasteiger partial charge < -0.3 is 15.5 Å². The third kappa shape index (κ3) is 6.47. The normalized spacial score (nSPS) is 16.8. The standard InChI is InChI=1S/C33H31F6N3OS/c1-31(2,3)28(41-30(44)40-22-17-20(32(34,35)36)16-21(18-22)33(37,38)39)29(43)42-14-8-13-27(42)26-15-19-9-4-5-10-23(19)24-11-6-7-12-25(24)26/h4-7,9-12,15-18,27-28H,8,13-14H2,1-3H3,(H2,40,41,44)/t27-,28-/m1/s1. The fraction of sp³-hybridized carbons (Fsp3) is 0.333. The number of amides is 1. The van der Waals surface area contributed by atoms with Gasteiger partial charge in [0.15, 0.2) is 5.11 Å². The second-order valence-electron chi connectivity index (χ2n) is 12.1. The van der Waals surface area contributed by atoms with Crippen molar-refractivity contribution < 1.29 is 31.1 Å². The Hall–Kier alpha value is -3.86. The maximum absolute atomic E-state index is 14.2. The van der Waals surface area contributed by atoms with E-state index in [9.17, 15) is 31.1 Å². The van der Waals surface area contributed by atoms with Crippen LogP contribution in [0.3, 0.4) is 0 Å². The Labute approximate surface area is 256 Å². The van der Waals surface area contributed by atoms with Crippen LogP contribution in [0.5, 0.6) is 0 Å². The molecule has 4 nitrogen and oxygen atoms in total. The first-order chi connectivity index (χ1) is 20.5. The van der Waals surface area contributed by atoms with E-state index in [1.54, 1.807) is 4.90 Å². The molecule has 0 aliphatic carbocycles. The van der Waals surface area contributed by atoms with E-state index in [0.717, 1.165) is 39.9 Å². The molecule has 232 valence electrons. The first-order valence-electron chi connectivity index (χ1n) is 14.1. The number of fused-ring (bicyclic) bond motifs is 3. The number of hydrogen-bond donors (Lipinski definition) is 2. The minimum atomic E-state index is -5.01. The van der Waals surface area contributed by atoms with Crippen LogP contribution in [0.1, 0.15) is 56.3 Å². The monoisotopic (exact) mass is 631 g/mol. The van der Waals surface area contributed by atoms with Crippen molar-refractivity contribution in [2.75, 3.05) is 11.9 Å². The van der Waals surface area contributed by atoms with Crippen LogP contribution in [0, 0.1) is 5.41 Å². The average molecular weight is 632 g/mol. The molecular weight excluding hydrogens is 600 g/mol. The molecule has 0 aromatic heterocycles. The molecule has 2 atom stereocenters. The van der Waals surface area contributed by atoms with Crippen molar-refractivity contribution in [2.24, 2.45) is 5.41 Å². The molecule has 1 heterocycles. The molecular formula is C33H31F6N3OS. The van der Waals surface area contributed by atoms with Crippen molar-refractivity contribution in [3.05, 3.63) is 89.5 Å². The molecule has 11 heteroatoms. The van der Waals surface area contributed by atoms with E-state index in [-0.39, 0.29) is 23.1 Å². The van der Waals surface area contributed by atoms with Gasteiger partial charge in [0, 0.05) is 12.2 Å². The van der Waals surface area contributed by atoms with Crippen LogP contribution in [-0.4, -0.2) is 28.5 Å². The third-order valence-corrected chi connectivity index (χ3v) is 8.15. The van der Waals surface area contributed by atoms with Crippen LogP contribution in [0.25, 0.3) is 21.5 Å². The number of benzene rings is 4. The lowest BCUT2D eigenvalue weighted by Crippen LogP contribution is -2.55. The van der Waals surface area contributed by atoms with E-state index in [1.807, 2.05) is 57.2 Å². The zero-order chi connectivity index (χ0) is 32.0. The van der Waals surface area contributed by atoms with Crippen LogP contribution >= 0.6 is 12.2 Å². The molecule has 5 rings (SSSR count). The number of carbonyl (C=O) groups excluding carboxylic acids is 1. The van der Waals surface area contributed by atoms with Gasteiger partial charge in [0.25, 0.3) is 0 Å². The Bertz CT molecular complexity index is 1690. The van der Waals surface area contributed by atoms with Crippen molar-refractivity contribution in [3.63, 3.8) is 0 Å². The number of nitrogens with zero attached hydrogens (tertiary/aromatic N) is 1. The summed E-state index contributed by atoms with van der Waals surface area (Å²) in [5.41, 5.74) is -3.13. The van der Waals surface area contributed by atoms with E-state index in [0.29, 0.717) is 18.7 Å². The van der Waals surface area contributed by atoms with Crippen molar-refractivity contribution in [1.82, 2.24) is 10.2 Å². The largest absolute Gasteiger partial charge is 0.416 e. The number of thiocarbonyl (C=S) groups is 1. The van der Waals surface area contributed by atoms with Gasteiger partial charge in [0.2, 0.25) is 5.91 Å². The summed E-state index contributed by atoms with van der Waals surface area (Å²) in [4.78, 5) is 16.0. The van der Waals surface area contributed by atoms with Crippen LogP contribution < -0.4 is 10.6 Å². The third-order valence-electron chi connectivity index (χ3n) is 7.93. The number of hydrogen-bond acceptors (Lipinski definition) is 2. The molecule has 0 unspecified atom stereocenters. The summed E-state index contributed by atoms with van der Waals surface area (Å²) in [6.45, 7) is 5.93. The van der Waals surface area contributed by atoms with Crippen LogP contribution in [0.2, 0.25) is 0 Å².